The van der Waals surface area contributed by atoms with Gasteiger partial charge in [0.05, 0.1) is 23.0 Å². The van der Waals surface area contributed by atoms with Gasteiger partial charge in [0.15, 0.2) is 0 Å². The van der Waals surface area contributed by atoms with Crippen LogP contribution in [0.25, 0.3) is 0 Å². The Bertz CT molecular complexity index is 499. The maximum absolute atomic E-state index is 12.4. The van der Waals surface area contributed by atoms with Gasteiger partial charge in [-0.2, -0.15) is 0 Å². The number of likely N-dealkylation sites (N-methyl/N-ethyl adjacent to an activating group) is 1. The summed E-state index contributed by atoms with van der Waals surface area (Å²) in [5.74, 6) is 5.91. The molecule has 0 saturated carbocycles. The second kappa shape index (κ2) is 8.75. The summed E-state index contributed by atoms with van der Waals surface area (Å²) >= 11 is 1.41. The van der Waals surface area contributed by atoms with Gasteiger partial charge in [0.2, 0.25) is 0 Å². The molecule has 0 saturated heterocycles. The molecule has 0 aromatic carbocycles. The fourth-order valence-corrected chi connectivity index (χ4v) is 2.69. The third kappa shape index (κ3) is 4.64. The Labute approximate surface area is 124 Å². The molecule has 1 N–H and O–H groups in total. The third-order valence-electron chi connectivity index (χ3n) is 2.80. The fourth-order valence-electron chi connectivity index (χ4n) is 1.67. The van der Waals surface area contributed by atoms with Crippen LogP contribution in [0.15, 0.2) is 6.07 Å². The number of ether oxygens (including phenoxy) is 1. The lowest BCUT2D eigenvalue weighted by Gasteiger charge is -2.19. The lowest BCUT2D eigenvalue weighted by molar-refractivity contribution is 0.0711. The number of aryl methyl sites for hydroxylation is 1. The standard InChI is InChI=1S/C15H21NO3S/c1-4-16(8-10-19-3)15(18)14-11-12(2)13(20-14)7-5-6-9-17/h11,17H,4,6,8-10H2,1-3H3. The summed E-state index contributed by atoms with van der Waals surface area (Å²) in [7, 11) is 1.63. The maximum atomic E-state index is 12.4. The number of nitrogens with zero attached hydrogens (tertiary/aromatic N) is 1. The van der Waals surface area contributed by atoms with Crippen LogP contribution in [-0.2, 0) is 4.74 Å². The predicted molar refractivity (Wildman–Crippen MR) is 81.1 cm³/mol. The van der Waals surface area contributed by atoms with Crippen molar-refractivity contribution in [3.05, 3.63) is 21.4 Å². The van der Waals surface area contributed by atoms with Crippen molar-refractivity contribution < 1.29 is 14.6 Å². The van der Waals surface area contributed by atoms with Gasteiger partial charge in [-0.3, -0.25) is 4.79 Å². The van der Waals surface area contributed by atoms with E-state index < -0.39 is 0 Å². The van der Waals surface area contributed by atoms with Gasteiger partial charge in [-0.25, -0.2) is 0 Å². The molecule has 0 aliphatic carbocycles. The first-order valence-corrected chi connectivity index (χ1v) is 7.44. The first-order chi connectivity index (χ1) is 9.63. The first kappa shape index (κ1) is 16.7. The van der Waals surface area contributed by atoms with E-state index in [9.17, 15) is 4.79 Å². The number of aliphatic hydroxyl groups excluding tert-OH is 1. The van der Waals surface area contributed by atoms with E-state index in [1.807, 2.05) is 19.9 Å². The molecule has 0 atom stereocenters. The van der Waals surface area contributed by atoms with Crippen molar-refractivity contribution in [2.75, 3.05) is 33.4 Å². The van der Waals surface area contributed by atoms with Crippen LogP contribution < -0.4 is 0 Å². The molecule has 1 rings (SSSR count). The molecule has 4 nitrogen and oxygen atoms in total. The number of rotatable bonds is 6. The lowest BCUT2D eigenvalue weighted by Crippen LogP contribution is -2.33. The molecule has 110 valence electrons. The zero-order valence-electron chi connectivity index (χ0n) is 12.2. The Morgan fingerprint density at radius 3 is 2.90 bits per heavy atom. The zero-order chi connectivity index (χ0) is 15.0. The van der Waals surface area contributed by atoms with E-state index in [0.717, 1.165) is 10.4 Å². The number of aliphatic hydroxyl groups is 1. The van der Waals surface area contributed by atoms with E-state index in [1.54, 1.807) is 12.0 Å². The summed E-state index contributed by atoms with van der Waals surface area (Å²) in [6, 6.07) is 1.88. The SMILES string of the molecule is CCN(CCOC)C(=O)c1cc(C)c(C#CCCO)s1. The average Bonchev–Trinajstić information content (AvgIpc) is 2.81. The second-order valence-corrected chi connectivity index (χ2v) is 5.33. The normalized spacial score (nSPS) is 10.0. The number of carbonyl (C=O) groups excluding carboxylic acids is 1. The minimum atomic E-state index is 0.0212. The van der Waals surface area contributed by atoms with Crippen LogP contribution in [0.3, 0.4) is 0 Å². The Morgan fingerprint density at radius 1 is 1.55 bits per heavy atom. The number of amides is 1. The van der Waals surface area contributed by atoms with Gasteiger partial charge in [0.1, 0.15) is 0 Å². The zero-order valence-corrected chi connectivity index (χ0v) is 13.0. The van der Waals surface area contributed by atoms with E-state index in [2.05, 4.69) is 11.8 Å². The van der Waals surface area contributed by atoms with Gasteiger partial charge in [-0.05, 0) is 25.5 Å². The van der Waals surface area contributed by atoms with Gasteiger partial charge >= 0.3 is 0 Å². The summed E-state index contributed by atoms with van der Waals surface area (Å²) in [6.07, 6.45) is 0.454. The van der Waals surface area contributed by atoms with E-state index in [0.29, 0.717) is 31.0 Å². The van der Waals surface area contributed by atoms with Gasteiger partial charge < -0.3 is 14.7 Å². The summed E-state index contributed by atoms with van der Waals surface area (Å²) < 4.78 is 5.02. The van der Waals surface area contributed by atoms with Gasteiger partial charge in [-0.1, -0.05) is 11.8 Å². The van der Waals surface area contributed by atoms with Gasteiger partial charge in [0.25, 0.3) is 5.91 Å². The molecular formula is C15H21NO3S. The van der Waals surface area contributed by atoms with E-state index in [-0.39, 0.29) is 12.5 Å². The summed E-state index contributed by atoms with van der Waals surface area (Å²) in [6.45, 7) is 5.74. The van der Waals surface area contributed by atoms with Crippen LogP contribution in [0.1, 0.15) is 33.5 Å². The summed E-state index contributed by atoms with van der Waals surface area (Å²) in [4.78, 5) is 15.7. The molecule has 0 bridgehead atoms. The van der Waals surface area contributed by atoms with Crippen molar-refractivity contribution in [3.63, 3.8) is 0 Å². The largest absolute Gasteiger partial charge is 0.395 e. The monoisotopic (exact) mass is 295 g/mol. The number of methoxy groups -OCH3 is 1. The minimum absolute atomic E-state index is 0.0212. The molecule has 0 aliphatic rings. The lowest BCUT2D eigenvalue weighted by atomic mass is 10.2. The van der Waals surface area contributed by atoms with Crippen LogP contribution >= 0.6 is 11.3 Å². The second-order valence-electron chi connectivity index (χ2n) is 4.28. The molecule has 1 aromatic heterocycles. The van der Waals surface area contributed by atoms with E-state index in [1.165, 1.54) is 11.3 Å². The number of carbonyl (C=O) groups is 1. The molecule has 1 heterocycles. The Kier molecular flexibility index (Phi) is 7.31. The van der Waals surface area contributed by atoms with Crippen LogP contribution in [0, 0.1) is 18.8 Å². The molecule has 5 heteroatoms. The van der Waals surface area contributed by atoms with Gasteiger partial charge in [-0.15, -0.1) is 11.3 Å². The molecule has 0 aliphatic heterocycles. The average molecular weight is 295 g/mol. The van der Waals surface area contributed by atoms with Crippen molar-refractivity contribution >= 4 is 17.2 Å². The molecular weight excluding hydrogens is 274 g/mol. The van der Waals surface area contributed by atoms with Crippen molar-refractivity contribution in [2.45, 2.75) is 20.3 Å². The quantitative estimate of drug-likeness (QED) is 0.816. The summed E-state index contributed by atoms with van der Waals surface area (Å²) in [5, 5.41) is 8.72. The minimum Gasteiger partial charge on any atom is -0.395 e. The highest BCUT2D eigenvalue weighted by molar-refractivity contribution is 7.14. The van der Waals surface area contributed by atoms with Crippen molar-refractivity contribution in [1.82, 2.24) is 4.90 Å². The Hall–Kier alpha value is -1.35. The molecule has 0 unspecified atom stereocenters. The van der Waals surface area contributed by atoms with Crippen LogP contribution in [0.2, 0.25) is 0 Å². The number of thiophene rings is 1. The molecule has 1 amide bonds. The Morgan fingerprint density at radius 2 is 2.30 bits per heavy atom. The predicted octanol–water partition coefficient (Wildman–Crippen LogP) is 1.90. The van der Waals surface area contributed by atoms with Crippen LogP contribution in [0.4, 0.5) is 0 Å². The molecule has 0 fully saturated rings. The number of hydrogen-bond donors (Lipinski definition) is 1. The van der Waals surface area contributed by atoms with E-state index in [4.69, 9.17) is 9.84 Å². The third-order valence-corrected chi connectivity index (χ3v) is 3.94. The van der Waals surface area contributed by atoms with Crippen molar-refractivity contribution in [3.8, 4) is 11.8 Å². The smallest absolute Gasteiger partial charge is 0.264 e. The highest BCUT2D eigenvalue weighted by Gasteiger charge is 2.17. The van der Waals surface area contributed by atoms with Crippen molar-refractivity contribution in [2.24, 2.45) is 0 Å². The highest BCUT2D eigenvalue weighted by Crippen LogP contribution is 2.22. The fraction of sp³-hybridized carbons (Fsp3) is 0.533. The topological polar surface area (TPSA) is 49.8 Å². The molecule has 20 heavy (non-hydrogen) atoms. The molecule has 0 spiro atoms. The Balaban J connectivity index is 2.83. The molecule has 1 aromatic rings. The summed E-state index contributed by atoms with van der Waals surface area (Å²) in [5.41, 5.74) is 1.01. The van der Waals surface area contributed by atoms with E-state index >= 15 is 0 Å². The van der Waals surface area contributed by atoms with Crippen LogP contribution in [0.5, 0.6) is 0 Å². The van der Waals surface area contributed by atoms with Crippen molar-refractivity contribution in [1.29, 1.82) is 0 Å². The van der Waals surface area contributed by atoms with Gasteiger partial charge in [0, 0.05) is 26.6 Å². The number of hydrogen-bond acceptors (Lipinski definition) is 4. The molecule has 0 radical (unpaired) electrons. The maximum Gasteiger partial charge on any atom is 0.264 e. The first-order valence-electron chi connectivity index (χ1n) is 6.62. The van der Waals surface area contributed by atoms with Crippen LogP contribution in [-0.4, -0.2) is 49.3 Å². The highest BCUT2D eigenvalue weighted by atomic mass is 32.1.